The Bertz CT molecular complexity index is 45.6. The highest BCUT2D eigenvalue weighted by Gasteiger charge is 1.90. The lowest BCUT2D eigenvalue weighted by atomic mass is 10.4. The molecule has 0 aromatic carbocycles. The predicted octanol–water partition coefficient (Wildman–Crippen LogP) is -0.229. The summed E-state index contributed by atoms with van der Waals surface area (Å²) in [6.07, 6.45) is 3.03. The number of hydrogen-bond donors (Lipinski definition) is 0. The Hall–Kier alpha value is -0.595. The van der Waals surface area contributed by atoms with E-state index in [1.807, 2.05) is 0 Å². The van der Waals surface area contributed by atoms with Crippen molar-refractivity contribution < 1.29 is 9.31 Å². The molecule has 0 radical (unpaired) electrons. The summed E-state index contributed by atoms with van der Waals surface area (Å²) in [5.74, 6) is 0. The van der Waals surface area contributed by atoms with Gasteiger partial charge in [0.05, 0.1) is 12.5 Å². The minimum atomic E-state index is 0.389. The van der Waals surface area contributed by atoms with Gasteiger partial charge in [-0.05, 0) is 0 Å². The third kappa shape index (κ3) is 0.346. The van der Waals surface area contributed by atoms with Crippen LogP contribution in [0.3, 0.4) is 0 Å². The average Bonchev–Trinajstić information content (AvgIpc) is 1.76. The van der Waals surface area contributed by atoms with Crippen LogP contribution in [0, 0.1) is 0 Å². The highest BCUT2D eigenvalue weighted by Crippen LogP contribution is 1.85. The van der Waals surface area contributed by atoms with E-state index >= 15 is 0 Å². The van der Waals surface area contributed by atoms with Gasteiger partial charge in [-0.1, -0.05) is 0 Å². The molecule has 0 spiro atoms. The highest BCUT2D eigenvalue weighted by molar-refractivity contribution is 6.19. The van der Waals surface area contributed by atoms with Gasteiger partial charge >= 0.3 is 7.69 Å². The molecule has 26 valence electrons. The van der Waals surface area contributed by atoms with Crippen LogP contribution in [0.2, 0.25) is 0 Å². The second-order valence-corrected chi connectivity index (χ2v) is 0.723. The van der Waals surface area contributed by atoms with Gasteiger partial charge in [-0.2, -0.15) is 0 Å². The lowest BCUT2D eigenvalue weighted by Crippen LogP contribution is -1.82. The summed E-state index contributed by atoms with van der Waals surface area (Å²) >= 11 is 0. The first kappa shape index (κ1) is 2.63. The smallest absolute Gasteiger partial charge is 0.532 e. The molecule has 1 aliphatic rings. The Morgan fingerprint density at radius 3 is 2.00 bits per heavy atom. The molecule has 1 heterocycles. The molecule has 1 aliphatic heterocycles. The van der Waals surface area contributed by atoms with Crippen molar-refractivity contribution in [2.24, 2.45) is 0 Å². The largest absolute Gasteiger partial charge is 0.575 e. The van der Waals surface area contributed by atoms with E-state index in [1.165, 1.54) is 12.5 Å². The third-order valence-electron chi connectivity index (χ3n) is 0.384. The fourth-order valence-corrected chi connectivity index (χ4v) is 0.196. The van der Waals surface area contributed by atoms with Crippen LogP contribution in [0.1, 0.15) is 0 Å². The molecular weight excluding hydrogens is 66.8 g/mol. The molecule has 0 amide bonds. The number of hydrogen-bond acceptors (Lipinski definition) is 2. The first-order chi connectivity index (χ1) is 2.50. The summed E-state index contributed by atoms with van der Waals surface area (Å²) in [5.41, 5.74) is 0. The maximum atomic E-state index is 4.54. The summed E-state index contributed by atoms with van der Waals surface area (Å²) in [6, 6.07) is 0. The van der Waals surface area contributed by atoms with Crippen LogP contribution in [0.25, 0.3) is 0 Å². The average molecular weight is 69.9 g/mol. The minimum Gasteiger partial charge on any atom is -0.532 e. The monoisotopic (exact) mass is 70.0 g/mol. The van der Waals surface area contributed by atoms with Crippen molar-refractivity contribution in [1.29, 1.82) is 0 Å². The van der Waals surface area contributed by atoms with E-state index in [1.54, 1.807) is 0 Å². The van der Waals surface area contributed by atoms with E-state index in [-0.39, 0.29) is 0 Å². The zero-order chi connectivity index (χ0) is 3.54. The quantitative estimate of drug-likeness (QED) is 0.366. The maximum absolute atomic E-state index is 4.54. The van der Waals surface area contributed by atoms with Gasteiger partial charge in [0.1, 0.15) is 0 Å². The Kier molecular flexibility index (Phi) is 0.534. The predicted molar refractivity (Wildman–Crippen MR) is 18.5 cm³/mol. The summed E-state index contributed by atoms with van der Waals surface area (Å²) in [4.78, 5) is 0. The van der Waals surface area contributed by atoms with Crippen LogP contribution < -0.4 is 0 Å². The van der Waals surface area contributed by atoms with Crippen LogP contribution in [-0.2, 0) is 9.31 Å². The van der Waals surface area contributed by atoms with Crippen molar-refractivity contribution >= 4 is 7.69 Å². The van der Waals surface area contributed by atoms with Crippen LogP contribution in [0.5, 0.6) is 0 Å². The van der Waals surface area contributed by atoms with Crippen molar-refractivity contribution in [3.63, 3.8) is 0 Å². The van der Waals surface area contributed by atoms with Gasteiger partial charge in [-0.15, -0.1) is 0 Å². The lowest BCUT2D eigenvalue weighted by Gasteiger charge is -1.77. The Labute approximate surface area is 30.7 Å². The minimum absolute atomic E-state index is 0.389. The third-order valence-corrected chi connectivity index (χ3v) is 0.384. The molecule has 0 atom stereocenters. The molecule has 5 heavy (non-hydrogen) atoms. The van der Waals surface area contributed by atoms with Crippen LogP contribution in [-0.4, -0.2) is 7.69 Å². The molecule has 0 saturated carbocycles. The van der Waals surface area contributed by atoms with E-state index in [2.05, 4.69) is 9.31 Å². The van der Waals surface area contributed by atoms with Crippen molar-refractivity contribution in [3.05, 3.63) is 12.5 Å². The molecule has 1 rings (SSSR count). The van der Waals surface area contributed by atoms with Gasteiger partial charge < -0.3 is 9.31 Å². The molecule has 0 aliphatic carbocycles. The fraction of sp³-hybridized carbons (Fsp3) is 0. The van der Waals surface area contributed by atoms with Gasteiger partial charge in [0, 0.05) is 0 Å². The van der Waals surface area contributed by atoms with Crippen molar-refractivity contribution in [3.8, 4) is 0 Å². The van der Waals surface area contributed by atoms with Gasteiger partial charge in [0.15, 0.2) is 0 Å². The van der Waals surface area contributed by atoms with E-state index in [0.29, 0.717) is 7.69 Å². The van der Waals surface area contributed by atoms with E-state index in [4.69, 9.17) is 0 Å². The molecule has 0 aromatic rings. The van der Waals surface area contributed by atoms with Gasteiger partial charge in [0.25, 0.3) is 0 Å². The normalized spacial score (nSPS) is 16.0. The van der Waals surface area contributed by atoms with Crippen molar-refractivity contribution in [2.45, 2.75) is 0 Å². The summed E-state index contributed by atoms with van der Waals surface area (Å²) < 4.78 is 9.08. The molecule has 0 fully saturated rings. The van der Waals surface area contributed by atoms with Crippen LogP contribution in [0.4, 0.5) is 0 Å². The standard InChI is InChI=1S/C2H3BO2/c1-2-5-3-4-1/h1-3H. The second-order valence-electron chi connectivity index (χ2n) is 0.723. The molecule has 0 N–H and O–H groups in total. The van der Waals surface area contributed by atoms with Gasteiger partial charge in [-0.3, -0.25) is 0 Å². The lowest BCUT2D eigenvalue weighted by molar-refractivity contribution is 0.444. The first-order valence-corrected chi connectivity index (χ1v) is 1.38. The second kappa shape index (κ2) is 1.01. The van der Waals surface area contributed by atoms with Crippen LogP contribution in [0.15, 0.2) is 12.5 Å². The van der Waals surface area contributed by atoms with E-state index in [9.17, 15) is 0 Å². The molecule has 0 saturated heterocycles. The van der Waals surface area contributed by atoms with Crippen molar-refractivity contribution in [1.82, 2.24) is 0 Å². The van der Waals surface area contributed by atoms with Crippen LogP contribution >= 0.6 is 0 Å². The molecule has 0 aromatic heterocycles. The Morgan fingerprint density at radius 2 is 1.80 bits per heavy atom. The van der Waals surface area contributed by atoms with Crippen molar-refractivity contribution in [2.75, 3.05) is 0 Å². The highest BCUT2D eigenvalue weighted by atomic mass is 16.6. The Balaban J connectivity index is 2.32. The molecule has 0 bridgehead atoms. The Morgan fingerprint density at radius 1 is 1.20 bits per heavy atom. The molecule has 3 heteroatoms. The first-order valence-electron chi connectivity index (χ1n) is 1.38. The van der Waals surface area contributed by atoms with Gasteiger partial charge in [-0.25, -0.2) is 0 Å². The topological polar surface area (TPSA) is 18.5 Å². The SMILES string of the molecule is B1OC=CO1. The van der Waals surface area contributed by atoms with Gasteiger partial charge in [0.2, 0.25) is 0 Å². The molecule has 2 nitrogen and oxygen atoms in total. The molecular formula is C2H3BO2. The van der Waals surface area contributed by atoms with E-state index in [0.717, 1.165) is 0 Å². The maximum Gasteiger partial charge on any atom is 0.575 e. The fourth-order valence-electron chi connectivity index (χ4n) is 0.196. The van der Waals surface area contributed by atoms with E-state index < -0.39 is 0 Å². The summed E-state index contributed by atoms with van der Waals surface area (Å²) in [6.45, 7) is 0. The zero-order valence-corrected chi connectivity index (χ0v) is 2.68. The zero-order valence-electron chi connectivity index (χ0n) is 2.68. The molecule has 0 unspecified atom stereocenters. The number of rotatable bonds is 0. The summed E-state index contributed by atoms with van der Waals surface area (Å²) in [5, 5.41) is 0. The summed E-state index contributed by atoms with van der Waals surface area (Å²) in [7, 11) is 0.389.